The van der Waals surface area contributed by atoms with E-state index in [1.807, 2.05) is 0 Å². The minimum atomic E-state index is -0.551. The van der Waals surface area contributed by atoms with Crippen LogP contribution in [0.4, 0.5) is 5.69 Å². The van der Waals surface area contributed by atoms with Gasteiger partial charge in [0.25, 0.3) is 11.2 Å². The van der Waals surface area contributed by atoms with Crippen molar-refractivity contribution in [1.82, 2.24) is 9.13 Å². The summed E-state index contributed by atoms with van der Waals surface area (Å²) in [6, 6.07) is 3.99. The lowest BCUT2D eigenvalue weighted by atomic mass is 10.1. The highest BCUT2D eigenvalue weighted by Gasteiger charge is 2.22. The number of ether oxygens (including phenoxy) is 1. The molecular weight excluding hydrogens is 290 g/mol. The number of benzene rings is 1. The summed E-state index contributed by atoms with van der Waals surface area (Å²) in [6.45, 7) is 3.49. The zero-order valence-corrected chi connectivity index (χ0v) is 12.0. The Morgan fingerprint density at radius 1 is 1.32 bits per heavy atom. The van der Waals surface area contributed by atoms with Crippen LogP contribution in [0.25, 0.3) is 10.9 Å². The van der Waals surface area contributed by atoms with Crippen LogP contribution in [0, 0.1) is 16.0 Å². The van der Waals surface area contributed by atoms with Crippen LogP contribution in [0.3, 0.4) is 0 Å². The topological polar surface area (TPSA) is 96.4 Å². The van der Waals surface area contributed by atoms with Crippen molar-refractivity contribution in [2.75, 3.05) is 13.2 Å². The van der Waals surface area contributed by atoms with Gasteiger partial charge in [-0.1, -0.05) is 0 Å². The Labute approximate surface area is 124 Å². The molecule has 1 aromatic carbocycles. The highest BCUT2D eigenvalue weighted by atomic mass is 16.6. The zero-order valence-electron chi connectivity index (χ0n) is 12.0. The van der Waals surface area contributed by atoms with Gasteiger partial charge in [-0.25, -0.2) is 4.79 Å². The average Bonchev–Trinajstić information content (AvgIpc) is 2.45. The molecule has 0 atom stereocenters. The minimum absolute atomic E-state index is 0.131. The molecule has 0 amide bonds. The van der Waals surface area contributed by atoms with Crippen molar-refractivity contribution in [3.63, 3.8) is 0 Å². The van der Waals surface area contributed by atoms with E-state index in [1.54, 1.807) is 6.92 Å². The Hall–Kier alpha value is -2.48. The van der Waals surface area contributed by atoms with Gasteiger partial charge in [0.2, 0.25) is 0 Å². The monoisotopic (exact) mass is 305 g/mol. The SMILES string of the molecule is CCn1c(=O)n(CC2COC2)c(=O)c2cc([N+](=O)[O-])ccc21. The van der Waals surface area contributed by atoms with E-state index in [4.69, 9.17) is 4.74 Å². The minimum Gasteiger partial charge on any atom is -0.381 e. The van der Waals surface area contributed by atoms with Crippen molar-refractivity contribution in [3.8, 4) is 0 Å². The number of nitrogens with zero attached hydrogens (tertiary/aromatic N) is 3. The molecule has 1 fully saturated rings. The molecule has 1 saturated heterocycles. The Morgan fingerprint density at radius 2 is 2.05 bits per heavy atom. The summed E-state index contributed by atoms with van der Waals surface area (Å²) in [7, 11) is 0. The number of non-ortho nitro benzene ring substituents is 1. The van der Waals surface area contributed by atoms with E-state index in [2.05, 4.69) is 0 Å². The van der Waals surface area contributed by atoms with E-state index in [-0.39, 0.29) is 29.2 Å². The average molecular weight is 305 g/mol. The number of aromatic nitrogens is 2. The Morgan fingerprint density at radius 3 is 2.59 bits per heavy atom. The number of nitro groups is 1. The third kappa shape index (κ3) is 2.21. The van der Waals surface area contributed by atoms with E-state index in [9.17, 15) is 19.7 Å². The maximum absolute atomic E-state index is 12.6. The molecular formula is C14H15N3O5. The molecule has 0 spiro atoms. The van der Waals surface area contributed by atoms with Crippen LogP contribution in [0.1, 0.15) is 6.92 Å². The molecule has 2 aromatic rings. The largest absolute Gasteiger partial charge is 0.381 e. The quantitative estimate of drug-likeness (QED) is 0.613. The summed E-state index contributed by atoms with van der Waals surface area (Å²) in [6.07, 6.45) is 0. The molecule has 0 saturated carbocycles. The second kappa shape index (κ2) is 5.38. The summed E-state index contributed by atoms with van der Waals surface area (Å²) in [5, 5.41) is 11.1. The van der Waals surface area contributed by atoms with Crippen LogP contribution in [0.5, 0.6) is 0 Å². The first-order chi connectivity index (χ1) is 10.5. The molecule has 0 aliphatic carbocycles. The normalized spacial score (nSPS) is 15.0. The number of hydrogen-bond donors (Lipinski definition) is 0. The van der Waals surface area contributed by atoms with E-state index in [1.165, 1.54) is 22.8 Å². The molecule has 3 rings (SSSR count). The first kappa shape index (κ1) is 14.5. The number of nitro benzene ring substituents is 1. The standard InChI is InChI=1S/C14H15N3O5/c1-2-15-12-4-3-10(17(20)21)5-11(12)13(18)16(14(15)19)6-9-7-22-8-9/h3-5,9H,2,6-8H2,1H3. The van der Waals surface area contributed by atoms with Gasteiger partial charge in [-0.15, -0.1) is 0 Å². The first-order valence-electron chi connectivity index (χ1n) is 7.02. The highest BCUT2D eigenvalue weighted by molar-refractivity contribution is 5.80. The second-order valence-electron chi connectivity index (χ2n) is 5.30. The molecule has 116 valence electrons. The lowest BCUT2D eigenvalue weighted by Gasteiger charge is -2.26. The van der Waals surface area contributed by atoms with Crippen molar-refractivity contribution >= 4 is 16.6 Å². The smallest absolute Gasteiger partial charge is 0.331 e. The predicted molar refractivity (Wildman–Crippen MR) is 79.1 cm³/mol. The van der Waals surface area contributed by atoms with Gasteiger partial charge in [0.1, 0.15) is 0 Å². The lowest BCUT2D eigenvalue weighted by molar-refractivity contribution is -0.384. The lowest BCUT2D eigenvalue weighted by Crippen LogP contribution is -2.44. The van der Waals surface area contributed by atoms with Crippen LogP contribution in [0.15, 0.2) is 27.8 Å². The van der Waals surface area contributed by atoms with Crippen molar-refractivity contribution in [3.05, 3.63) is 49.2 Å². The number of hydrogen-bond acceptors (Lipinski definition) is 5. The summed E-state index contributed by atoms with van der Waals surface area (Å²) in [4.78, 5) is 35.4. The fourth-order valence-corrected chi connectivity index (χ4v) is 2.64. The van der Waals surface area contributed by atoms with Gasteiger partial charge in [-0.05, 0) is 13.0 Å². The highest BCUT2D eigenvalue weighted by Crippen LogP contribution is 2.18. The van der Waals surface area contributed by atoms with Crippen LogP contribution in [-0.2, 0) is 17.8 Å². The molecule has 0 radical (unpaired) electrons. The zero-order chi connectivity index (χ0) is 15.9. The second-order valence-corrected chi connectivity index (χ2v) is 5.30. The number of fused-ring (bicyclic) bond motifs is 1. The van der Waals surface area contributed by atoms with Crippen molar-refractivity contribution in [2.45, 2.75) is 20.0 Å². The number of aryl methyl sites for hydroxylation is 1. The van der Waals surface area contributed by atoms with E-state index >= 15 is 0 Å². The first-order valence-corrected chi connectivity index (χ1v) is 7.02. The van der Waals surface area contributed by atoms with Crippen molar-refractivity contribution in [1.29, 1.82) is 0 Å². The predicted octanol–water partition coefficient (Wildman–Crippen LogP) is 0.738. The molecule has 8 heteroatoms. The summed E-state index contributed by atoms with van der Waals surface area (Å²) in [5.41, 5.74) is -0.616. The summed E-state index contributed by atoms with van der Waals surface area (Å²) < 4.78 is 7.68. The van der Waals surface area contributed by atoms with Gasteiger partial charge in [0.15, 0.2) is 0 Å². The van der Waals surface area contributed by atoms with Crippen LogP contribution in [0.2, 0.25) is 0 Å². The molecule has 0 unspecified atom stereocenters. The Balaban J connectivity index is 2.28. The van der Waals surface area contributed by atoms with Gasteiger partial charge >= 0.3 is 5.69 Å². The Bertz CT molecular complexity index is 863. The summed E-state index contributed by atoms with van der Waals surface area (Å²) in [5.74, 6) is 0.131. The van der Waals surface area contributed by atoms with E-state index < -0.39 is 10.5 Å². The van der Waals surface area contributed by atoms with Crippen molar-refractivity contribution < 1.29 is 9.66 Å². The number of rotatable bonds is 4. The van der Waals surface area contributed by atoms with E-state index in [0.717, 1.165) is 4.57 Å². The third-order valence-electron chi connectivity index (χ3n) is 3.88. The Kier molecular flexibility index (Phi) is 3.53. The maximum atomic E-state index is 12.6. The van der Waals surface area contributed by atoms with Crippen LogP contribution >= 0.6 is 0 Å². The molecule has 22 heavy (non-hydrogen) atoms. The molecule has 2 heterocycles. The molecule has 1 aliphatic heterocycles. The van der Waals surface area contributed by atoms with Gasteiger partial charge < -0.3 is 4.74 Å². The van der Waals surface area contributed by atoms with Gasteiger partial charge in [0.05, 0.1) is 29.0 Å². The van der Waals surface area contributed by atoms with Gasteiger partial charge in [0, 0.05) is 31.1 Å². The van der Waals surface area contributed by atoms with Gasteiger partial charge in [-0.2, -0.15) is 0 Å². The fourth-order valence-electron chi connectivity index (χ4n) is 2.64. The molecule has 1 aromatic heterocycles. The fraction of sp³-hybridized carbons (Fsp3) is 0.429. The maximum Gasteiger partial charge on any atom is 0.331 e. The third-order valence-corrected chi connectivity index (χ3v) is 3.88. The molecule has 8 nitrogen and oxygen atoms in total. The molecule has 0 bridgehead atoms. The van der Waals surface area contributed by atoms with Crippen molar-refractivity contribution in [2.24, 2.45) is 5.92 Å². The van der Waals surface area contributed by atoms with Crippen LogP contribution < -0.4 is 11.2 Å². The van der Waals surface area contributed by atoms with Crippen LogP contribution in [-0.4, -0.2) is 27.3 Å². The molecule has 1 aliphatic rings. The molecule has 0 N–H and O–H groups in total. The van der Waals surface area contributed by atoms with E-state index in [0.29, 0.717) is 25.3 Å². The van der Waals surface area contributed by atoms with Gasteiger partial charge in [-0.3, -0.25) is 24.0 Å². The summed E-state index contributed by atoms with van der Waals surface area (Å²) >= 11 is 0.